The second-order valence-corrected chi connectivity index (χ2v) is 3.07. The fraction of sp³-hybridized carbons (Fsp3) is 0.250. The van der Waals surface area contributed by atoms with E-state index in [2.05, 4.69) is 5.32 Å². The first-order chi connectivity index (χ1) is 6.36. The van der Waals surface area contributed by atoms with Crippen LogP contribution >= 0.6 is 11.6 Å². The summed E-state index contributed by atoms with van der Waals surface area (Å²) in [6.07, 6.45) is -4.47. The molecule has 0 fully saturated rings. The molecule has 2 nitrogen and oxygen atoms in total. The molecule has 0 aliphatic rings. The summed E-state index contributed by atoms with van der Waals surface area (Å²) in [6.45, 7) is 0. The van der Waals surface area contributed by atoms with Crippen molar-refractivity contribution in [2.75, 3.05) is 18.1 Å². The van der Waals surface area contributed by atoms with Crippen LogP contribution in [0.5, 0.6) is 0 Å². The number of benzene rings is 1. The van der Waals surface area contributed by atoms with Gasteiger partial charge in [-0.15, -0.1) is 0 Å². The van der Waals surface area contributed by atoms with Crippen molar-refractivity contribution >= 4 is 23.0 Å². The second kappa shape index (κ2) is 3.57. The van der Waals surface area contributed by atoms with Crippen LogP contribution in [0.1, 0.15) is 5.56 Å². The fourth-order valence-electron chi connectivity index (χ4n) is 1.02. The number of nitrogens with one attached hydrogen (secondary N) is 1. The Morgan fingerprint density at radius 2 is 1.93 bits per heavy atom. The predicted molar refractivity (Wildman–Crippen MR) is 50.4 cm³/mol. The molecule has 78 valence electrons. The average Bonchev–Trinajstić information content (AvgIpc) is 2.06. The standard InChI is InChI=1S/C8H8ClF3N2/c1-14-7-3-5(9)4(2-6(7)13)8(10,11)12/h2-3,14H,13H2,1H3. The van der Waals surface area contributed by atoms with Gasteiger partial charge in [0.25, 0.3) is 0 Å². The Morgan fingerprint density at radius 3 is 2.36 bits per heavy atom. The van der Waals surface area contributed by atoms with Crippen molar-refractivity contribution in [2.45, 2.75) is 6.18 Å². The number of nitrogen functional groups attached to an aromatic ring is 1. The minimum Gasteiger partial charge on any atom is -0.397 e. The molecule has 1 aromatic rings. The van der Waals surface area contributed by atoms with Crippen LogP contribution in [0.2, 0.25) is 5.02 Å². The van der Waals surface area contributed by atoms with Gasteiger partial charge in [0.15, 0.2) is 0 Å². The van der Waals surface area contributed by atoms with E-state index in [1.807, 2.05) is 0 Å². The van der Waals surface area contributed by atoms with Crippen LogP contribution in [0.4, 0.5) is 24.5 Å². The number of anilines is 2. The Morgan fingerprint density at radius 1 is 1.36 bits per heavy atom. The molecule has 0 aliphatic heterocycles. The maximum atomic E-state index is 12.3. The van der Waals surface area contributed by atoms with E-state index in [0.717, 1.165) is 12.1 Å². The van der Waals surface area contributed by atoms with Gasteiger partial charge in [-0.1, -0.05) is 11.6 Å². The second-order valence-electron chi connectivity index (χ2n) is 2.67. The molecule has 0 saturated heterocycles. The molecule has 1 aromatic carbocycles. The minimum atomic E-state index is -4.47. The number of nitrogens with two attached hydrogens (primary N) is 1. The van der Waals surface area contributed by atoms with Crippen molar-refractivity contribution in [3.05, 3.63) is 22.7 Å². The number of hydrogen-bond acceptors (Lipinski definition) is 2. The maximum absolute atomic E-state index is 12.3. The maximum Gasteiger partial charge on any atom is 0.417 e. The van der Waals surface area contributed by atoms with E-state index >= 15 is 0 Å². The molecule has 0 spiro atoms. The SMILES string of the molecule is CNc1cc(Cl)c(C(F)(F)F)cc1N. The Bertz CT molecular complexity index is 349. The van der Waals surface area contributed by atoms with Gasteiger partial charge in [0.05, 0.1) is 22.0 Å². The van der Waals surface area contributed by atoms with E-state index in [9.17, 15) is 13.2 Å². The first-order valence-corrected chi connectivity index (χ1v) is 4.08. The summed E-state index contributed by atoms with van der Waals surface area (Å²) in [7, 11) is 1.55. The average molecular weight is 225 g/mol. The molecule has 0 aliphatic carbocycles. The van der Waals surface area contributed by atoms with Gasteiger partial charge in [0.1, 0.15) is 0 Å². The third kappa shape index (κ3) is 2.04. The molecule has 6 heteroatoms. The molecular formula is C8H8ClF3N2. The summed E-state index contributed by atoms with van der Waals surface area (Å²) in [6, 6.07) is 1.97. The fourth-order valence-corrected chi connectivity index (χ4v) is 1.29. The van der Waals surface area contributed by atoms with Crippen LogP contribution in [0, 0.1) is 0 Å². The van der Waals surface area contributed by atoms with Crippen LogP contribution in [-0.4, -0.2) is 7.05 Å². The van der Waals surface area contributed by atoms with Gasteiger partial charge < -0.3 is 11.1 Å². The van der Waals surface area contributed by atoms with Crippen LogP contribution in [0.15, 0.2) is 12.1 Å². The van der Waals surface area contributed by atoms with Gasteiger partial charge in [0, 0.05) is 7.05 Å². The zero-order chi connectivity index (χ0) is 10.9. The highest BCUT2D eigenvalue weighted by atomic mass is 35.5. The first kappa shape index (κ1) is 11.0. The lowest BCUT2D eigenvalue weighted by Gasteiger charge is -2.12. The molecule has 0 amide bonds. The van der Waals surface area contributed by atoms with Gasteiger partial charge in [-0.2, -0.15) is 13.2 Å². The Hall–Kier alpha value is -1.10. The third-order valence-electron chi connectivity index (χ3n) is 1.71. The van der Waals surface area contributed by atoms with E-state index in [-0.39, 0.29) is 10.7 Å². The minimum absolute atomic E-state index is 0.0178. The molecule has 0 heterocycles. The lowest BCUT2D eigenvalue weighted by molar-refractivity contribution is -0.137. The summed E-state index contributed by atoms with van der Waals surface area (Å²) in [4.78, 5) is 0. The summed E-state index contributed by atoms with van der Waals surface area (Å²) in [5, 5.41) is 2.27. The van der Waals surface area contributed by atoms with E-state index < -0.39 is 11.7 Å². The summed E-state index contributed by atoms with van der Waals surface area (Å²) in [5.41, 5.74) is 4.85. The number of alkyl halides is 3. The van der Waals surface area contributed by atoms with Gasteiger partial charge in [-0.05, 0) is 12.1 Å². The van der Waals surface area contributed by atoms with Crippen molar-refractivity contribution in [1.82, 2.24) is 0 Å². The Kier molecular flexibility index (Phi) is 2.80. The summed E-state index contributed by atoms with van der Waals surface area (Å²) >= 11 is 5.45. The van der Waals surface area contributed by atoms with Gasteiger partial charge in [-0.25, -0.2) is 0 Å². The summed E-state index contributed by atoms with van der Waals surface area (Å²) < 4.78 is 36.9. The molecule has 3 N–H and O–H groups in total. The van der Waals surface area contributed by atoms with Gasteiger partial charge in [0.2, 0.25) is 0 Å². The van der Waals surface area contributed by atoms with E-state index in [4.69, 9.17) is 17.3 Å². The number of hydrogen-bond donors (Lipinski definition) is 2. The smallest absolute Gasteiger partial charge is 0.397 e. The van der Waals surface area contributed by atoms with Crippen LogP contribution in [0.3, 0.4) is 0 Å². The Labute approximate surface area is 83.9 Å². The number of rotatable bonds is 1. The number of halogens is 4. The third-order valence-corrected chi connectivity index (χ3v) is 2.03. The predicted octanol–water partition coefficient (Wildman–Crippen LogP) is 2.98. The zero-order valence-electron chi connectivity index (χ0n) is 7.24. The summed E-state index contributed by atoms with van der Waals surface area (Å²) in [5.74, 6) is 0. The van der Waals surface area contributed by atoms with Crippen molar-refractivity contribution in [3.8, 4) is 0 Å². The molecule has 0 bridgehead atoms. The van der Waals surface area contributed by atoms with Crippen molar-refractivity contribution < 1.29 is 13.2 Å². The highest BCUT2D eigenvalue weighted by molar-refractivity contribution is 6.31. The molecule has 0 atom stereocenters. The van der Waals surface area contributed by atoms with Crippen molar-refractivity contribution in [2.24, 2.45) is 0 Å². The van der Waals surface area contributed by atoms with Crippen LogP contribution in [0.25, 0.3) is 0 Å². The van der Waals surface area contributed by atoms with Crippen LogP contribution in [-0.2, 0) is 6.18 Å². The van der Waals surface area contributed by atoms with Gasteiger partial charge >= 0.3 is 6.18 Å². The van der Waals surface area contributed by atoms with Crippen molar-refractivity contribution in [3.63, 3.8) is 0 Å². The molecule has 14 heavy (non-hydrogen) atoms. The molecule has 1 rings (SSSR count). The van der Waals surface area contributed by atoms with E-state index in [0.29, 0.717) is 5.69 Å². The van der Waals surface area contributed by atoms with Crippen LogP contribution < -0.4 is 11.1 Å². The quantitative estimate of drug-likeness (QED) is 0.720. The highest BCUT2D eigenvalue weighted by Crippen LogP contribution is 2.38. The highest BCUT2D eigenvalue weighted by Gasteiger charge is 2.33. The molecule has 0 saturated carbocycles. The normalized spacial score (nSPS) is 11.5. The van der Waals surface area contributed by atoms with Gasteiger partial charge in [-0.3, -0.25) is 0 Å². The zero-order valence-corrected chi connectivity index (χ0v) is 8.00. The largest absolute Gasteiger partial charge is 0.417 e. The van der Waals surface area contributed by atoms with E-state index in [1.165, 1.54) is 0 Å². The lowest BCUT2D eigenvalue weighted by Crippen LogP contribution is -2.08. The lowest BCUT2D eigenvalue weighted by atomic mass is 10.1. The molecule has 0 unspecified atom stereocenters. The molecule has 0 aromatic heterocycles. The van der Waals surface area contributed by atoms with Crippen molar-refractivity contribution in [1.29, 1.82) is 0 Å². The topological polar surface area (TPSA) is 38.0 Å². The Balaban J connectivity index is 3.29. The first-order valence-electron chi connectivity index (χ1n) is 3.70. The molecule has 0 radical (unpaired) electrons. The van der Waals surface area contributed by atoms with E-state index in [1.54, 1.807) is 7.05 Å². The monoisotopic (exact) mass is 224 g/mol. The molecular weight excluding hydrogens is 217 g/mol.